The molecule has 0 unspecified atom stereocenters. The number of nitrogens with zero attached hydrogens (tertiary/aromatic N) is 2. The summed E-state index contributed by atoms with van der Waals surface area (Å²) in [6.07, 6.45) is -2.05. The van der Waals surface area contributed by atoms with Crippen LogP contribution in [0.3, 0.4) is 0 Å². The molecule has 2 N–H and O–H groups in total. The first kappa shape index (κ1) is 15.9. The molecule has 1 aliphatic rings. The monoisotopic (exact) mass is 333 g/mol. The summed E-state index contributed by atoms with van der Waals surface area (Å²) in [6, 6.07) is 6.67. The van der Waals surface area contributed by atoms with Crippen LogP contribution in [0.1, 0.15) is 25.5 Å². The molecule has 0 saturated carbocycles. The second-order valence-corrected chi connectivity index (χ2v) is 5.93. The number of hydrogen-bond donors (Lipinski definition) is 2. The highest BCUT2D eigenvalue weighted by atomic mass is 16.6. The largest absolute Gasteiger partial charge is 0.485 e. The average molecular weight is 333 g/mol. The van der Waals surface area contributed by atoms with Gasteiger partial charge in [0.25, 0.3) is 11.2 Å². The zero-order valence-corrected chi connectivity index (χ0v) is 12.9. The molecular weight excluding hydrogens is 318 g/mol. The topological polar surface area (TPSA) is 128 Å². The van der Waals surface area contributed by atoms with Crippen molar-refractivity contribution in [3.05, 3.63) is 56.4 Å². The number of fused-ring (bicyclic) bond motifs is 1. The maximum Gasteiger partial charge on any atom is 0.270 e. The number of ether oxygens (including phenoxy) is 2. The van der Waals surface area contributed by atoms with Gasteiger partial charge in [0.2, 0.25) is 5.88 Å². The molecule has 0 radical (unpaired) electrons. The number of hydrogen-bond acceptors (Lipinski definition) is 7. The number of nitro groups is 1. The molecule has 1 aliphatic heterocycles. The van der Waals surface area contributed by atoms with Gasteiger partial charge in [-0.2, -0.15) is 0 Å². The maximum absolute atomic E-state index is 11.1. The Hall–Kier alpha value is -2.94. The lowest BCUT2D eigenvalue weighted by molar-refractivity contribution is -0.385. The number of rotatable bonds is 3. The SMILES string of the molecule is CC1(C)Oc2ccc([N+](=O)[O-])cc2[C@@H](Oc2ccc(=O)[nH]n2)[C@@H]1O. The van der Waals surface area contributed by atoms with E-state index in [9.17, 15) is 20.0 Å². The van der Waals surface area contributed by atoms with Gasteiger partial charge in [0.05, 0.1) is 4.92 Å². The number of aromatic nitrogens is 2. The molecule has 0 amide bonds. The van der Waals surface area contributed by atoms with E-state index in [1.54, 1.807) is 13.8 Å². The number of H-pyrrole nitrogens is 1. The molecular formula is C15H15N3O6. The Morgan fingerprint density at radius 1 is 1.38 bits per heavy atom. The number of non-ortho nitro benzene ring substituents is 1. The van der Waals surface area contributed by atoms with Crippen LogP contribution < -0.4 is 15.0 Å². The van der Waals surface area contributed by atoms with Crippen LogP contribution in [0.2, 0.25) is 0 Å². The van der Waals surface area contributed by atoms with Crippen LogP contribution in [0.25, 0.3) is 0 Å². The normalized spacial score (nSPS) is 21.5. The molecule has 3 rings (SSSR count). The minimum atomic E-state index is -1.11. The summed E-state index contributed by atoms with van der Waals surface area (Å²) in [5.41, 5.74) is -1.18. The molecule has 9 heteroatoms. The van der Waals surface area contributed by atoms with E-state index in [0.717, 1.165) is 0 Å². The van der Waals surface area contributed by atoms with E-state index in [1.165, 1.54) is 30.3 Å². The fourth-order valence-corrected chi connectivity index (χ4v) is 2.50. The zero-order valence-electron chi connectivity index (χ0n) is 12.9. The molecule has 9 nitrogen and oxygen atoms in total. The highest BCUT2D eigenvalue weighted by molar-refractivity contribution is 5.47. The molecule has 1 aromatic carbocycles. The summed E-state index contributed by atoms with van der Waals surface area (Å²) < 4.78 is 11.4. The van der Waals surface area contributed by atoms with Crippen molar-refractivity contribution >= 4 is 5.69 Å². The minimum absolute atomic E-state index is 0.0776. The quantitative estimate of drug-likeness (QED) is 0.640. The Morgan fingerprint density at radius 3 is 2.75 bits per heavy atom. The van der Waals surface area contributed by atoms with E-state index in [-0.39, 0.29) is 11.6 Å². The number of nitrogens with one attached hydrogen (secondary N) is 1. The minimum Gasteiger partial charge on any atom is -0.485 e. The van der Waals surface area contributed by atoms with Crippen LogP contribution in [0.15, 0.2) is 35.1 Å². The lowest BCUT2D eigenvalue weighted by atomic mass is 9.88. The number of aliphatic hydroxyl groups is 1. The number of aliphatic hydroxyl groups excluding tert-OH is 1. The van der Waals surface area contributed by atoms with Gasteiger partial charge in [0, 0.05) is 29.8 Å². The third-order valence-corrected chi connectivity index (χ3v) is 3.78. The molecule has 2 heterocycles. The first-order chi connectivity index (χ1) is 11.3. The predicted octanol–water partition coefficient (Wildman–Crippen LogP) is 1.33. The molecule has 0 saturated heterocycles. The van der Waals surface area contributed by atoms with E-state index in [2.05, 4.69) is 10.2 Å². The second kappa shape index (κ2) is 5.60. The van der Waals surface area contributed by atoms with Crippen LogP contribution in [0, 0.1) is 10.1 Å². The van der Waals surface area contributed by atoms with Crippen molar-refractivity contribution in [1.29, 1.82) is 0 Å². The first-order valence-electron chi connectivity index (χ1n) is 7.16. The van der Waals surface area contributed by atoms with E-state index in [1.807, 2.05) is 0 Å². The summed E-state index contributed by atoms with van der Waals surface area (Å²) in [5.74, 6) is 0.458. The van der Waals surface area contributed by atoms with E-state index < -0.39 is 28.3 Å². The van der Waals surface area contributed by atoms with Crippen LogP contribution in [0.5, 0.6) is 11.6 Å². The lowest BCUT2D eigenvalue weighted by Crippen LogP contribution is -2.50. The Morgan fingerprint density at radius 2 is 2.12 bits per heavy atom. The van der Waals surface area contributed by atoms with Gasteiger partial charge in [-0.05, 0) is 19.9 Å². The van der Waals surface area contributed by atoms with Gasteiger partial charge >= 0.3 is 0 Å². The smallest absolute Gasteiger partial charge is 0.270 e. The number of benzene rings is 1. The first-order valence-corrected chi connectivity index (χ1v) is 7.16. The highest BCUT2D eigenvalue weighted by Crippen LogP contribution is 2.43. The Bertz CT molecular complexity index is 827. The molecule has 126 valence electrons. The van der Waals surface area contributed by atoms with Gasteiger partial charge in [0.15, 0.2) is 6.10 Å². The maximum atomic E-state index is 11.1. The molecule has 2 atom stereocenters. The third kappa shape index (κ3) is 2.81. The van der Waals surface area contributed by atoms with Crippen molar-refractivity contribution in [2.24, 2.45) is 0 Å². The fourth-order valence-electron chi connectivity index (χ4n) is 2.50. The lowest BCUT2D eigenvalue weighted by Gasteiger charge is -2.41. The Labute approximate surface area is 136 Å². The highest BCUT2D eigenvalue weighted by Gasteiger charge is 2.45. The van der Waals surface area contributed by atoms with Crippen LogP contribution in [-0.2, 0) is 0 Å². The average Bonchev–Trinajstić information content (AvgIpc) is 2.53. The second-order valence-electron chi connectivity index (χ2n) is 5.93. The fraction of sp³-hybridized carbons (Fsp3) is 0.333. The van der Waals surface area contributed by atoms with Crippen molar-refractivity contribution in [2.45, 2.75) is 31.7 Å². The summed E-state index contributed by atoms with van der Waals surface area (Å²) in [4.78, 5) is 21.5. The standard InChI is InChI=1S/C15H15N3O6/c1-15(2)14(20)13(23-12-6-5-11(19)16-17-12)9-7-8(18(21)22)3-4-10(9)24-15/h3-7,13-14,20H,1-2H3,(H,16,19)/t13-,14+/m1/s1. The molecule has 1 aromatic heterocycles. The zero-order chi connectivity index (χ0) is 17.5. The van der Waals surface area contributed by atoms with Gasteiger partial charge in [0.1, 0.15) is 17.5 Å². The van der Waals surface area contributed by atoms with E-state index in [0.29, 0.717) is 11.3 Å². The number of nitro benzene ring substituents is 1. The molecule has 24 heavy (non-hydrogen) atoms. The van der Waals surface area contributed by atoms with Gasteiger partial charge in [-0.15, -0.1) is 5.10 Å². The third-order valence-electron chi connectivity index (χ3n) is 3.78. The Kier molecular flexibility index (Phi) is 3.72. The summed E-state index contributed by atoms with van der Waals surface area (Å²) >= 11 is 0. The van der Waals surface area contributed by atoms with Crippen molar-refractivity contribution in [3.63, 3.8) is 0 Å². The van der Waals surface area contributed by atoms with E-state index >= 15 is 0 Å². The molecule has 0 spiro atoms. The summed E-state index contributed by atoms with van der Waals surface area (Å²) in [6.45, 7) is 3.36. The van der Waals surface area contributed by atoms with Gasteiger partial charge in [-0.3, -0.25) is 14.9 Å². The van der Waals surface area contributed by atoms with Crippen LogP contribution >= 0.6 is 0 Å². The van der Waals surface area contributed by atoms with Gasteiger partial charge < -0.3 is 14.6 Å². The number of aromatic amines is 1. The summed E-state index contributed by atoms with van der Waals surface area (Å²) in [5, 5.41) is 27.5. The van der Waals surface area contributed by atoms with Gasteiger partial charge in [-0.25, -0.2) is 5.10 Å². The Balaban J connectivity index is 2.05. The van der Waals surface area contributed by atoms with Crippen molar-refractivity contribution < 1.29 is 19.5 Å². The summed E-state index contributed by atoms with van der Waals surface area (Å²) in [7, 11) is 0. The molecule has 0 bridgehead atoms. The predicted molar refractivity (Wildman–Crippen MR) is 82.0 cm³/mol. The van der Waals surface area contributed by atoms with Crippen molar-refractivity contribution in [3.8, 4) is 11.6 Å². The van der Waals surface area contributed by atoms with Crippen LogP contribution in [-0.4, -0.2) is 31.9 Å². The van der Waals surface area contributed by atoms with Crippen molar-refractivity contribution in [1.82, 2.24) is 10.2 Å². The van der Waals surface area contributed by atoms with E-state index in [4.69, 9.17) is 9.47 Å². The van der Waals surface area contributed by atoms with Crippen LogP contribution in [0.4, 0.5) is 5.69 Å². The molecule has 2 aromatic rings. The molecule has 0 fully saturated rings. The van der Waals surface area contributed by atoms with Gasteiger partial charge in [-0.1, -0.05) is 0 Å². The molecule has 0 aliphatic carbocycles. The van der Waals surface area contributed by atoms with Crippen molar-refractivity contribution in [2.75, 3.05) is 0 Å².